The van der Waals surface area contributed by atoms with Crippen LogP contribution >= 0.6 is 11.3 Å². The van der Waals surface area contributed by atoms with Gasteiger partial charge in [0, 0.05) is 17.3 Å². The van der Waals surface area contributed by atoms with E-state index in [1.165, 1.54) is 11.3 Å². The zero-order chi connectivity index (χ0) is 18.9. The summed E-state index contributed by atoms with van der Waals surface area (Å²) in [6.45, 7) is 1.80. The maximum Gasteiger partial charge on any atom is 0.416 e. The zero-order valence-electron chi connectivity index (χ0n) is 13.2. The average molecular weight is 380 g/mol. The van der Waals surface area contributed by atoms with E-state index in [0.717, 1.165) is 35.5 Å². The van der Waals surface area contributed by atoms with Crippen molar-refractivity contribution in [3.05, 3.63) is 62.3 Å². The predicted molar refractivity (Wildman–Crippen MR) is 90.1 cm³/mol. The Kier molecular flexibility index (Phi) is 4.60. The Labute approximate surface area is 148 Å². The summed E-state index contributed by atoms with van der Waals surface area (Å²) in [4.78, 5) is 34.9. The molecule has 2 heterocycles. The molecule has 2 N–H and O–H groups in total. The number of carbonyl (C=O) groups is 1. The van der Waals surface area contributed by atoms with Crippen molar-refractivity contribution in [3.63, 3.8) is 0 Å². The van der Waals surface area contributed by atoms with Gasteiger partial charge < -0.3 is 10.3 Å². The largest absolute Gasteiger partial charge is 0.416 e. The molecule has 0 bridgehead atoms. The van der Waals surface area contributed by atoms with Crippen molar-refractivity contribution in [2.45, 2.75) is 13.1 Å². The Morgan fingerprint density at radius 2 is 1.92 bits per heavy atom. The number of hydrogen-bond donors (Lipinski definition) is 2. The second-order valence-electron chi connectivity index (χ2n) is 5.26. The summed E-state index contributed by atoms with van der Waals surface area (Å²) in [7, 11) is 0. The second-order valence-corrected chi connectivity index (χ2v) is 6.32. The second kappa shape index (κ2) is 6.71. The molecule has 0 radical (unpaired) electrons. The number of aryl methyl sites for hydroxylation is 1. The molecule has 0 aliphatic rings. The highest BCUT2D eigenvalue weighted by Crippen LogP contribution is 2.29. The van der Waals surface area contributed by atoms with Crippen molar-refractivity contribution >= 4 is 22.9 Å². The quantitative estimate of drug-likeness (QED) is 0.728. The summed E-state index contributed by atoms with van der Waals surface area (Å²) in [6, 6.07) is 3.89. The third-order valence-corrected chi connectivity index (χ3v) is 4.15. The van der Waals surface area contributed by atoms with Crippen molar-refractivity contribution in [3.8, 4) is 11.5 Å². The Hall–Kier alpha value is -3.01. The molecule has 1 amide bonds. The number of hydrogen-bond acceptors (Lipinski definition) is 5. The molecule has 134 valence electrons. The van der Waals surface area contributed by atoms with Crippen LogP contribution in [0.2, 0.25) is 0 Å². The molecule has 0 aliphatic carbocycles. The molecule has 2 aromatic heterocycles. The van der Waals surface area contributed by atoms with Crippen molar-refractivity contribution < 1.29 is 18.0 Å². The number of nitrogens with zero attached hydrogens (tertiary/aromatic N) is 2. The summed E-state index contributed by atoms with van der Waals surface area (Å²) in [5.41, 5.74) is -1.16. The van der Waals surface area contributed by atoms with E-state index in [4.69, 9.17) is 0 Å². The van der Waals surface area contributed by atoms with Gasteiger partial charge in [-0.15, -0.1) is 11.3 Å². The van der Waals surface area contributed by atoms with Gasteiger partial charge in [-0.3, -0.25) is 9.59 Å². The third-order valence-electron chi connectivity index (χ3n) is 3.38. The molecule has 6 nitrogen and oxygen atoms in total. The number of carbonyl (C=O) groups excluding carboxylic acids is 1. The number of alkyl halides is 3. The van der Waals surface area contributed by atoms with Crippen molar-refractivity contribution in [2.24, 2.45) is 0 Å². The van der Waals surface area contributed by atoms with Crippen LogP contribution in [0.1, 0.15) is 20.9 Å². The maximum absolute atomic E-state index is 12.5. The van der Waals surface area contributed by atoms with E-state index >= 15 is 0 Å². The molecular formula is C16H11F3N4O2S. The fraction of sp³-hybridized carbons (Fsp3) is 0.125. The lowest BCUT2D eigenvalue weighted by molar-refractivity contribution is -0.137. The van der Waals surface area contributed by atoms with Gasteiger partial charge in [0.1, 0.15) is 11.3 Å². The molecule has 0 saturated heterocycles. The lowest BCUT2D eigenvalue weighted by Crippen LogP contribution is -2.24. The Balaban J connectivity index is 1.79. The minimum atomic E-state index is -4.46. The summed E-state index contributed by atoms with van der Waals surface area (Å²) < 4.78 is 37.6. The number of aromatic nitrogens is 3. The fourth-order valence-electron chi connectivity index (χ4n) is 2.10. The number of amides is 1. The molecule has 0 unspecified atom stereocenters. The van der Waals surface area contributed by atoms with Crippen molar-refractivity contribution in [1.29, 1.82) is 0 Å². The first-order valence-corrected chi connectivity index (χ1v) is 8.12. The highest BCUT2D eigenvalue weighted by Gasteiger charge is 2.30. The Bertz CT molecular complexity index is 1010. The summed E-state index contributed by atoms with van der Waals surface area (Å²) in [6.07, 6.45) is -3.37. The van der Waals surface area contributed by atoms with Crippen LogP contribution in [0.15, 0.2) is 40.6 Å². The van der Waals surface area contributed by atoms with E-state index < -0.39 is 23.2 Å². The first-order chi connectivity index (χ1) is 12.2. The lowest BCUT2D eigenvalue weighted by Gasteiger charge is -2.08. The first kappa shape index (κ1) is 17.8. The molecule has 0 saturated carbocycles. The van der Waals surface area contributed by atoms with Crippen molar-refractivity contribution in [2.75, 3.05) is 5.32 Å². The number of rotatable bonds is 3. The smallest absolute Gasteiger partial charge is 0.322 e. The standard InChI is InChI=1S/C16H11F3N4O2S/c1-8-21-12(7-26-8)13-20-6-11(15(25)23-13)14(24)22-10-4-2-9(3-5-10)16(17,18)19/h2-7H,1H3,(H,22,24)(H,20,23,25). The summed E-state index contributed by atoms with van der Waals surface area (Å²) in [5.74, 6) is -0.551. The lowest BCUT2D eigenvalue weighted by atomic mass is 10.2. The third kappa shape index (κ3) is 3.80. The number of thiazole rings is 1. The number of nitrogens with one attached hydrogen (secondary N) is 2. The van der Waals surface area contributed by atoms with Crippen LogP contribution in [0.4, 0.5) is 18.9 Å². The van der Waals surface area contributed by atoms with E-state index in [2.05, 4.69) is 20.3 Å². The van der Waals surface area contributed by atoms with Gasteiger partial charge in [0.15, 0.2) is 5.82 Å². The van der Waals surface area contributed by atoms with Gasteiger partial charge in [0.2, 0.25) is 0 Å². The molecule has 0 fully saturated rings. The Morgan fingerprint density at radius 3 is 2.46 bits per heavy atom. The van der Waals surface area contributed by atoms with Gasteiger partial charge >= 0.3 is 6.18 Å². The topological polar surface area (TPSA) is 87.7 Å². The molecular weight excluding hydrogens is 369 g/mol. The van der Waals surface area contributed by atoms with E-state index in [0.29, 0.717) is 5.69 Å². The van der Waals surface area contributed by atoms with Crippen molar-refractivity contribution in [1.82, 2.24) is 15.0 Å². The highest BCUT2D eigenvalue weighted by atomic mass is 32.1. The summed E-state index contributed by atoms with van der Waals surface area (Å²) >= 11 is 1.39. The van der Waals surface area contributed by atoms with Crippen LogP contribution < -0.4 is 10.9 Å². The molecule has 0 aliphatic heterocycles. The molecule has 3 aromatic rings. The zero-order valence-corrected chi connectivity index (χ0v) is 14.0. The van der Waals surface area contributed by atoms with Gasteiger partial charge in [-0.1, -0.05) is 0 Å². The fourth-order valence-corrected chi connectivity index (χ4v) is 2.70. The van der Waals surface area contributed by atoms with Gasteiger partial charge in [-0.25, -0.2) is 9.97 Å². The normalized spacial score (nSPS) is 11.4. The molecule has 1 aromatic carbocycles. The van der Waals surface area contributed by atoms with E-state index in [9.17, 15) is 22.8 Å². The SMILES string of the molecule is Cc1nc(-c2ncc(C(=O)Nc3ccc(C(F)(F)F)cc3)c(=O)[nH]2)cs1. The first-order valence-electron chi connectivity index (χ1n) is 7.24. The molecule has 26 heavy (non-hydrogen) atoms. The monoisotopic (exact) mass is 380 g/mol. The van der Waals surface area contributed by atoms with Crippen LogP contribution in [0.3, 0.4) is 0 Å². The number of aromatic amines is 1. The Morgan fingerprint density at radius 1 is 1.23 bits per heavy atom. The predicted octanol–water partition coefficient (Wildman–Crippen LogP) is 3.47. The van der Waals surface area contributed by atoms with Gasteiger partial charge in [0.05, 0.1) is 10.6 Å². The van der Waals surface area contributed by atoms with Gasteiger partial charge in [-0.2, -0.15) is 13.2 Å². The number of anilines is 1. The van der Waals surface area contributed by atoms with Crippen LogP contribution in [-0.2, 0) is 6.18 Å². The van der Waals surface area contributed by atoms with E-state index in [-0.39, 0.29) is 17.1 Å². The molecule has 0 atom stereocenters. The number of benzene rings is 1. The highest BCUT2D eigenvalue weighted by molar-refractivity contribution is 7.09. The van der Waals surface area contributed by atoms with Crippen LogP contribution in [0.5, 0.6) is 0 Å². The average Bonchev–Trinajstić information content (AvgIpc) is 3.01. The maximum atomic E-state index is 12.5. The summed E-state index contributed by atoms with van der Waals surface area (Å²) in [5, 5.41) is 4.88. The molecule has 3 rings (SSSR count). The van der Waals surface area contributed by atoms with Crippen LogP contribution in [0.25, 0.3) is 11.5 Å². The van der Waals surface area contributed by atoms with E-state index in [1.807, 2.05) is 0 Å². The van der Waals surface area contributed by atoms with Crippen LogP contribution in [-0.4, -0.2) is 20.9 Å². The molecule has 0 spiro atoms. The van der Waals surface area contributed by atoms with Crippen LogP contribution in [0, 0.1) is 6.92 Å². The minimum Gasteiger partial charge on any atom is -0.322 e. The number of halogens is 3. The van der Waals surface area contributed by atoms with Gasteiger partial charge in [0.25, 0.3) is 11.5 Å². The number of H-pyrrole nitrogens is 1. The molecule has 10 heteroatoms. The van der Waals surface area contributed by atoms with Gasteiger partial charge in [-0.05, 0) is 31.2 Å². The van der Waals surface area contributed by atoms with E-state index in [1.54, 1.807) is 12.3 Å². The minimum absolute atomic E-state index is 0.126.